The Hall–Kier alpha value is -1.28. The largest absolute Gasteiger partial charge is 0.367 e. The topological polar surface area (TPSA) is 47.0 Å². The summed E-state index contributed by atoms with van der Waals surface area (Å²) in [5.74, 6) is -3.76. The lowest BCUT2D eigenvalue weighted by atomic mass is 10.0. The van der Waals surface area contributed by atoms with Gasteiger partial charge in [-0.15, -0.1) is 0 Å². The number of alkyl halides is 4. The average molecular weight is 307 g/mol. The predicted octanol–water partition coefficient (Wildman–Crippen LogP) is 2.62. The van der Waals surface area contributed by atoms with Gasteiger partial charge in [0.2, 0.25) is 0 Å². The van der Waals surface area contributed by atoms with Gasteiger partial charge in [-0.25, -0.2) is 18.7 Å². The van der Waals surface area contributed by atoms with Crippen LogP contribution in [-0.4, -0.2) is 28.9 Å². The van der Waals surface area contributed by atoms with Crippen LogP contribution in [0.2, 0.25) is 0 Å². The molecule has 0 saturated heterocycles. The van der Waals surface area contributed by atoms with Crippen LogP contribution in [0.5, 0.6) is 0 Å². The van der Waals surface area contributed by atoms with Gasteiger partial charge in [-0.05, 0) is 5.92 Å². The molecule has 1 N–H and O–H groups in total. The van der Waals surface area contributed by atoms with E-state index in [-0.39, 0.29) is 18.3 Å². The van der Waals surface area contributed by atoms with E-state index in [1.54, 1.807) is 0 Å². The second kappa shape index (κ2) is 6.23. The van der Waals surface area contributed by atoms with Crippen molar-refractivity contribution >= 4 is 0 Å². The number of ether oxygens (including phenoxy) is 1. The Bertz CT molecular complexity index is 508. The molecule has 0 atom stereocenters. The van der Waals surface area contributed by atoms with Crippen molar-refractivity contribution in [2.75, 3.05) is 6.61 Å². The number of nitrogens with zero attached hydrogens (tertiary/aromatic N) is 2. The lowest BCUT2D eigenvalue weighted by Gasteiger charge is -2.16. The summed E-state index contributed by atoms with van der Waals surface area (Å²) in [7, 11) is 0. The van der Waals surface area contributed by atoms with Gasteiger partial charge in [-0.2, -0.15) is 8.78 Å². The van der Waals surface area contributed by atoms with Crippen molar-refractivity contribution in [3.8, 4) is 0 Å². The van der Waals surface area contributed by atoms with Crippen molar-refractivity contribution in [2.45, 2.75) is 51.8 Å². The van der Waals surface area contributed by atoms with E-state index >= 15 is 0 Å². The molecule has 21 heavy (non-hydrogen) atoms. The molecule has 0 bridgehead atoms. The molecule has 2 rings (SSSR count). The minimum Gasteiger partial charge on any atom is -0.367 e. The highest BCUT2D eigenvalue weighted by atomic mass is 19.3. The van der Waals surface area contributed by atoms with Crippen LogP contribution in [-0.2, 0) is 24.4 Å². The molecule has 0 aromatic carbocycles. The van der Waals surface area contributed by atoms with E-state index in [0.717, 1.165) is 17.0 Å². The van der Waals surface area contributed by atoms with Crippen molar-refractivity contribution in [3.05, 3.63) is 22.8 Å². The molecule has 0 unspecified atom stereocenters. The number of halogens is 4. The molecule has 0 amide bonds. The summed E-state index contributed by atoms with van der Waals surface area (Å²) in [5.41, 5.74) is 2.67. The fourth-order valence-corrected chi connectivity index (χ4v) is 2.13. The Morgan fingerprint density at radius 2 is 1.95 bits per heavy atom. The molecule has 0 spiro atoms. The van der Waals surface area contributed by atoms with E-state index in [4.69, 9.17) is 0 Å². The molecule has 118 valence electrons. The van der Waals surface area contributed by atoms with E-state index in [9.17, 15) is 17.6 Å². The van der Waals surface area contributed by atoms with Crippen LogP contribution in [0.25, 0.3) is 0 Å². The summed E-state index contributed by atoms with van der Waals surface area (Å²) in [6, 6.07) is 0. The second-order valence-electron chi connectivity index (χ2n) is 5.26. The Kier molecular flexibility index (Phi) is 4.77. The Morgan fingerprint density at radius 3 is 2.57 bits per heavy atom. The van der Waals surface area contributed by atoms with Gasteiger partial charge >= 0.3 is 12.3 Å². The van der Waals surface area contributed by atoms with Gasteiger partial charge in [0.05, 0.1) is 11.4 Å². The number of aromatic nitrogens is 2. The van der Waals surface area contributed by atoms with E-state index < -0.39 is 19.0 Å². The zero-order chi connectivity index (χ0) is 15.6. The first-order chi connectivity index (χ1) is 9.81. The smallest absolute Gasteiger partial charge is 0.330 e. The lowest BCUT2D eigenvalue weighted by molar-refractivity contribution is -0.168. The van der Waals surface area contributed by atoms with Gasteiger partial charge < -0.3 is 10.1 Å². The molecular formula is C13H17F4N3O. The van der Waals surface area contributed by atoms with Crippen LogP contribution in [0, 0.1) is 0 Å². The molecule has 2 heterocycles. The van der Waals surface area contributed by atoms with E-state index in [0.29, 0.717) is 13.1 Å². The maximum atomic E-state index is 12.8. The van der Waals surface area contributed by atoms with Gasteiger partial charge in [0.1, 0.15) is 13.2 Å². The zero-order valence-corrected chi connectivity index (χ0v) is 11.8. The van der Waals surface area contributed by atoms with Crippen molar-refractivity contribution in [1.29, 1.82) is 0 Å². The fourth-order valence-electron chi connectivity index (χ4n) is 2.13. The van der Waals surface area contributed by atoms with Crippen LogP contribution >= 0.6 is 0 Å². The molecule has 0 aliphatic carbocycles. The minimum atomic E-state index is -4.15. The molecule has 4 nitrogen and oxygen atoms in total. The first-order valence-electron chi connectivity index (χ1n) is 6.64. The second-order valence-corrected chi connectivity index (χ2v) is 5.26. The van der Waals surface area contributed by atoms with Gasteiger partial charge in [0.15, 0.2) is 5.82 Å². The summed E-state index contributed by atoms with van der Waals surface area (Å²) in [5, 5.41) is 3.14. The summed E-state index contributed by atoms with van der Waals surface area (Å²) in [6.45, 7) is 3.54. The molecule has 0 fully saturated rings. The molecule has 1 aromatic rings. The van der Waals surface area contributed by atoms with Gasteiger partial charge in [-0.3, -0.25) is 0 Å². The average Bonchev–Trinajstić information content (AvgIpc) is 2.85. The molecule has 1 aromatic heterocycles. The number of nitrogens with one attached hydrogen (secondary N) is 1. The lowest BCUT2D eigenvalue weighted by Crippen LogP contribution is -2.32. The van der Waals surface area contributed by atoms with Crippen LogP contribution in [0.3, 0.4) is 0 Å². The minimum absolute atomic E-state index is 0.155. The number of rotatable bonds is 6. The molecule has 8 heteroatoms. The quantitative estimate of drug-likeness (QED) is 0.821. The normalized spacial score (nSPS) is 15.0. The van der Waals surface area contributed by atoms with E-state index in [2.05, 4.69) is 20.0 Å². The molecule has 0 radical (unpaired) electrons. The highest BCUT2D eigenvalue weighted by molar-refractivity contribution is 5.31. The Balaban J connectivity index is 2.06. The summed E-state index contributed by atoms with van der Waals surface area (Å²) in [4.78, 5) is 8.53. The third-order valence-corrected chi connectivity index (χ3v) is 3.16. The number of hydrogen-bond donors (Lipinski definition) is 1. The zero-order valence-electron chi connectivity index (χ0n) is 11.8. The number of hydrogen-bond acceptors (Lipinski definition) is 4. The van der Waals surface area contributed by atoms with Gasteiger partial charge in [0.25, 0.3) is 0 Å². The van der Waals surface area contributed by atoms with Crippen LogP contribution in [0.4, 0.5) is 17.6 Å². The molecule has 1 aliphatic rings. The predicted molar refractivity (Wildman–Crippen MR) is 67.3 cm³/mol. The van der Waals surface area contributed by atoms with Crippen LogP contribution < -0.4 is 5.32 Å². The summed E-state index contributed by atoms with van der Waals surface area (Å²) >= 11 is 0. The highest BCUT2D eigenvalue weighted by Gasteiger charge is 2.41. The van der Waals surface area contributed by atoms with Crippen molar-refractivity contribution in [2.24, 2.45) is 0 Å². The standard InChI is InChI=1S/C13H17F4N3O/c1-7(2)11-8-3-18-4-9(8)19-10(20-11)5-21-6-13(16,17)12(14)15/h7,12,18H,3-6H2,1-2H3. The molecule has 0 saturated carbocycles. The summed E-state index contributed by atoms with van der Waals surface area (Å²) in [6.07, 6.45) is -3.74. The third kappa shape index (κ3) is 3.68. The first kappa shape index (κ1) is 16.1. The van der Waals surface area contributed by atoms with E-state index in [1.165, 1.54) is 0 Å². The SMILES string of the molecule is CC(C)c1nc(COCC(F)(F)C(F)F)nc2c1CNC2. The maximum absolute atomic E-state index is 12.8. The van der Waals surface area contributed by atoms with Crippen molar-refractivity contribution < 1.29 is 22.3 Å². The Morgan fingerprint density at radius 1 is 1.24 bits per heavy atom. The monoisotopic (exact) mass is 307 g/mol. The fraction of sp³-hybridized carbons (Fsp3) is 0.692. The van der Waals surface area contributed by atoms with Gasteiger partial charge in [0, 0.05) is 18.7 Å². The number of fused-ring (bicyclic) bond motifs is 1. The van der Waals surface area contributed by atoms with Crippen LogP contribution in [0.1, 0.15) is 42.5 Å². The third-order valence-electron chi connectivity index (χ3n) is 3.16. The van der Waals surface area contributed by atoms with Gasteiger partial charge in [-0.1, -0.05) is 13.8 Å². The van der Waals surface area contributed by atoms with Crippen molar-refractivity contribution in [1.82, 2.24) is 15.3 Å². The molecule has 1 aliphatic heterocycles. The van der Waals surface area contributed by atoms with Crippen LogP contribution in [0.15, 0.2) is 0 Å². The molecular weight excluding hydrogens is 290 g/mol. The highest BCUT2D eigenvalue weighted by Crippen LogP contribution is 2.25. The van der Waals surface area contributed by atoms with E-state index in [1.807, 2.05) is 13.8 Å². The maximum Gasteiger partial charge on any atom is 0.330 e. The Labute approximate surface area is 119 Å². The van der Waals surface area contributed by atoms with Crippen molar-refractivity contribution in [3.63, 3.8) is 0 Å². The first-order valence-corrected chi connectivity index (χ1v) is 6.64. The summed E-state index contributed by atoms with van der Waals surface area (Å²) < 4.78 is 54.2.